The Morgan fingerprint density at radius 1 is 1.09 bits per heavy atom. The molecule has 1 amide bonds. The molecule has 1 N–H and O–H groups in total. The molecule has 3 rings (SSSR count). The molecular weight excluding hydrogens is 432 g/mol. The van der Waals surface area contributed by atoms with Crippen LogP contribution in [0.1, 0.15) is 25.3 Å². The second kappa shape index (κ2) is 10.7. The van der Waals surface area contributed by atoms with Crippen LogP contribution in [-0.4, -0.2) is 52.5 Å². The van der Waals surface area contributed by atoms with Crippen molar-refractivity contribution >= 4 is 15.9 Å². The van der Waals surface area contributed by atoms with Gasteiger partial charge in [0.1, 0.15) is 17.2 Å². The lowest BCUT2D eigenvalue weighted by molar-refractivity contribution is -0.126. The second-order valence-corrected chi connectivity index (χ2v) is 9.40. The number of piperidine rings is 1. The normalized spacial score (nSPS) is 16.9. The van der Waals surface area contributed by atoms with E-state index in [0.717, 1.165) is 5.56 Å². The first kappa shape index (κ1) is 23.9. The summed E-state index contributed by atoms with van der Waals surface area (Å²) in [5, 5.41) is 2.91. The lowest BCUT2D eigenvalue weighted by Crippen LogP contribution is -2.45. The molecule has 1 aliphatic heterocycles. The number of methoxy groups -OCH3 is 2. The van der Waals surface area contributed by atoms with Gasteiger partial charge in [-0.25, -0.2) is 8.42 Å². The molecule has 1 unspecified atom stereocenters. The van der Waals surface area contributed by atoms with E-state index in [1.54, 1.807) is 38.5 Å². The van der Waals surface area contributed by atoms with E-state index in [1.165, 1.54) is 16.4 Å². The van der Waals surface area contributed by atoms with E-state index in [2.05, 4.69) is 5.32 Å². The molecule has 1 saturated heterocycles. The number of carbonyl (C=O) groups excluding carboxylic acids is 1. The molecule has 1 aliphatic rings. The Balaban J connectivity index is 1.67. The third kappa shape index (κ3) is 5.34. The molecule has 0 radical (unpaired) electrons. The van der Waals surface area contributed by atoms with Crippen molar-refractivity contribution in [3.63, 3.8) is 0 Å². The summed E-state index contributed by atoms with van der Waals surface area (Å²) in [6.45, 7) is 3.14. The van der Waals surface area contributed by atoms with Crippen LogP contribution in [0.4, 0.5) is 0 Å². The van der Waals surface area contributed by atoms with Crippen LogP contribution in [0.5, 0.6) is 17.2 Å². The number of nitrogens with one attached hydrogen (secondary N) is 1. The summed E-state index contributed by atoms with van der Waals surface area (Å²) < 4.78 is 43.7. The van der Waals surface area contributed by atoms with Crippen molar-refractivity contribution in [1.82, 2.24) is 9.62 Å². The summed E-state index contributed by atoms with van der Waals surface area (Å²) in [6.07, 6.45) is 1.25. The van der Waals surface area contributed by atoms with Crippen molar-refractivity contribution in [2.24, 2.45) is 5.92 Å². The fourth-order valence-corrected chi connectivity index (χ4v) is 5.34. The van der Waals surface area contributed by atoms with Gasteiger partial charge in [0.2, 0.25) is 15.9 Å². The lowest BCUT2D eigenvalue weighted by atomic mass is 9.98. The molecule has 2 aromatic carbocycles. The highest BCUT2D eigenvalue weighted by Crippen LogP contribution is 2.29. The summed E-state index contributed by atoms with van der Waals surface area (Å²) in [5.74, 6) is 1.24. The zero-order valence-electron chi connectivity index (χ0n) is 18.7. The molecule has 0 aliphatic carbocycles. The Kier molecular flexibility index (Phi) is 7.98. The number of rotatable bonds is 9. The number of hydrogen-bond acceptors (Lipinski definition) is 6. The van der Waals surface area contributed by atoms with Crippen LogP contribution >= 0.6 is 0 Å². The van der Waals surface area contributed by atoms with Crippen LogP contribution in [0, 0.1) is 5.92 Å². The van der Waals surface area contributed by atoms with E-state index in [1.807, 2.05) is 13.0 Å². The molecule has 32 heavy (non-hydrogen) atoms. The molecule has 8 nitrogen and oxygen atoms in total. The highest BCUT2D eigenvalue weighted by Gasteiger charge is 2.33. The van der Waals surface area contributed by atoms with Crippen molar-refractivity contribution < 1.29 is 27.4 Å². The van der Waals surface area contributed by atoms with Gasteiger partial charge in [-0.1, -0.05) is 6.07 Å². The number of sulfonamides is 1. The highest BCUT2D eigenvalue weighted by atomic mass is 32.2. The fraction of sp³-hybridized carbons (Fsp3) is 0.435. The number of hydrogen-bond donors (Lipinski definition) is 1. The van der Waals surface area contributed by atoms with Gasteiger partial charge in [-0.2, -0.15) is 4.31 Å². The van der Waals surface area contributed by atoms with Gasteiger partial charge in [0.05, 0.1) is 43.7 Å². The SMILES string of the molecule is CCOc1ccc(S(=O)(=O)N2CCCC(C(=O)NCc3c(OC)cccc3OC)C2)cc1. The van der Waals surface area contributed by atoms with Crippen LogP contribution in [0.3, 0.4) is 0 Å². The lowest BCUT2D eigenvalue weighted by Gasteiger charge is -2.31. The van der Waals surface area contributed by atoms with Crippen molar-refractivity contribution in [3.05, 3.63) is 48.0 Å². The van der Waals surface area contributed by atoms with Gasteiger partial charge in [-0.05, 0) is 56.2 Å². The summed E-state index contributed by atoms with van der Waals surface area (Å²) in [7, 11) is -0.570. The van der Waals surface area contributed by atoms with Crippen molar-refractivity contribution in [2.75, 3.05) is 33.9 Å². The van der Waals surface area contributed by atoms with Crippen LogP contribution < -0.4 is 19.5 Å². The Hall–Kier alpha value is -2.78. The average molecular weight is 463 g/mol. The first-order valence-electron chi connectivity index (χ1n) is 10.6. The second-order valence-electron chi connectivity index (χ2n) is 7.47. The number of nitrogens with zero attached hydrogens (tertiary/aromatic N) is 1. The minimum absolute atomic E-state index is 0.143. The number of benzene rings is 2. The topological polar surface area (TPSA) is 94.2 Å². The molecule has 1 heterocycles. The zero-order chi connectivity index (χ0) is 23.1. The molecule has 174 valence electrons. The monoisotopic (exact) mass is 462 g/mol. The molecule has 9 heteroatoms. The summed E-state index contributed by atoms with van der Waals surface area (Å²) in [5.41, 5.74) is 0.737. The van der Waals surface area contributed by atoms with Crippen molar-refractivity contribution in [2.45, 2.75) is 31.2 Å². The Labute approximate surface area is 189 Å². The largest absolute Gasteiger partial charge is 0.496 e. The first-order chi connectivity index (χ1) is 15.4. The van der Waals surface area contributed by atoms with Crippen LogP contribution in [0.2, 0.25) is 0 Å². The molecule has 1 atom stereocenters. The average Bonchev–Trinajstić information content (AvgIpc) is 2.82. The van der Waals surface area contributed by atoms with E-state index in [9.17, 15) is 13.2 Å². The van der Waals surface area contributed by atoms with Crippen molar-refractivity contribution in [1.29, 1.82) is 0 Å². The number of ether oxygens (including phenoxy) is 3. The van der Waals surface area contributed by atoms with Gasteiger partial charge in [-0.3, -0.25) is 4.79 Å². The van der Waals surface area contributed by atoms with Crippen molar-refractivity contribution in [3.8, 4) is 17.2 Å². The third-order valence-electron chi connectivity index (χ3n) is 5.50. The molecule has 0 bridgehead atoms. The zero-order valence-corrected chi connectivity index (χ0v) is 19.5. The van der Waals surface area contributed by atoms with E-state index in [0.29, 0.717) is 43.2 Å². The van der Waals surface area contributed by atoms with E-state index in [-0.39, 0.29) is 23.9 Å². The van der Waals surface area contributed by atoms with Crippen LogP contribution in [0.15, 0.2) is 47.4 Å². The molecule has 1 fully saturated rings. The maximum atomic E-state index is 13.1. The van der Waals surface area contributed by atoms with Gasteiger partial charge < -0.3 is 19.5 Å². The minimum atomic E-state index is -3.69. The molecular formula is C23H30N2O6S. The first-order valence-corrected chi connectivity index (χ1v) is 12.0. The van der Waals surface area contributed by atoms with Gasteiger partial charge in [0.15, 0.2) is 0 Å². The quantitative estimate of drug-likeness (QED) is 0.616. The summed E-state index contributed by atoms with van der Waals surface area (Å²) in [6, 6.07) is 11.8. The van der Waals surface area contributed by atoms with Crippen LogP contribution in [-0.2, 0) is 21.4 Å². The molecule has 0 aromatic heterocycles. The highest BCUT2D eigenvalue weighted by molar-refractivity contribution is 7.89. The smallest absolute Gasteiger partial charge is 0.243 e. The molecule has 2 aromatic rings. The van der Waals surface area contributed by atoms with E-state index < -0.39 is 15.9 Å². The van der Waals surface area contributed by atoms with Gasteiger partial charge in [0, 0.05) is 13.1 Å². The third-order valence-corrected chi connectivity index (χ3v) is 7.38. The van der Waals surface area contributed by atoms with E-state index in [4.69, 9.17) is 14.2 Å². The van der Waals surface area contributed by atoms with E-state index >= 15 is 0 Å². The Bertz CT molecular complexity index is 1000. The maximum Gasteiger partial charge on any atom is 0.243 e. The number of amides is 1. The standard InChI is InChI=1S/C23H30N2O6S/c1-4-31-18-10-12-19(13-11-18)32(27,28)25-14-6-7-17(16-25)23(26)24-15-20-21(29-2)8-5-9-22(20)30-3/h5,8-13,17H,4,6-7,14-16H2,1-3H3,(H,24,26). The molecule has 0 saturated carbocycles. The predicted molar refractivity (Wildman–Crippen MR) is 120 cm³/mol. The predicted octanol–water partition coefficient (Wildman–Crippen LogP) is 2.82. The molecule has 0 spiro atoms. The van der Waals surface area contributed by atoms with Crippen LogP contribution in [0.25, 0.3) is 0 Å². The summed E-state index contributed by atoms with van der Waals surface area (Å²) >= 11 is 0. The Morgan fingerprint density at radius 2 is 1.75 bits per heavy atom. The summed E-state index contributed by atoms with van der Waals surface area (Å²) in [4.78, 5) is 13.1. The van der Waals surface area contributed by atoms with Gasteiger partial charge in [0.25, 0.3) is 0 Å². The maximum absolute atomic E-state index is 13.1. The number of carbonyl (C=O) groups is 1. The fourth-order valence-electron chi connectivity index (χ4n) is 3.82. The van der Waals surface area contributed by atoms with Gasteiger partial charge >= 0.3 is 0 Å². The minimum Gasteiger partial charge on any atom is -0.496 e. The Morgan fingerprint density at radius 3 is 2.34 bits per heavy atom. The van der Waals surface area contributed by atoms with Gasteiger partial charge in [-0.15, -0.1) is 0 Å².